The molecule has 0 spiro atoms. The number of ether oxygens (including phenoxy) is 1. The van der Waals surface area contributed by atoms with Gasteiger partial charge in [-0.1, -0.05) is 18.2 Å². The van der Waals surface area contributed by atoms with Crippen molar-refractivity contribution < 1.29 is 4.74 Å². The van der Waals surface area contributed by atoms with E-state index in [4.69, 9.17) is 4.74 Å². The van der Waals surface area contributed by atoms with Crippen molar-refractivity contribution >= 4 is 24.8 Å². The lowest BCUT2D eigenvalue weighted by Crippen LogP contribution is -2.12. The van der Waals surface area contributed by atoms with Gasteiger partial charge in [0, 0.05) is 6.20 Å². The molecule has 0 fully saturated rings. The van der Waals surface area contributed by atoms with E-state index in [1.165, 1.54) is 0 Å². The summed E-state index contributed by atoms with van der Waals surface area (Å²) in [5.41, 5.74) is 3.21. The van der Waals surface area contributed by atoms with Crippen molar-refractivity contribution in [1.29, 1.82) is 0 Å². The quantitative estimate of drug-likeness (QED) is 0.803. The first-order valence-corrected chi connectivity index (χ1v) is 5.54. The summed E-state index contributed by atoms with van der Waals surface area (Å²) >= 11 is 0. The van der Waals surface area contributed by atoms with Gasteiger partial charge in [0.2, 0.25) is 0 Å². The molecular weight excluding hydrogens is 211 g/mol. The van der Waals surface area contributed by atoms with Gasteiger partial charge in [-0.3, -0.25) is 0 Å². The highest BCUT2D eigenvalue weighted by Gasteiger charge is 2.04. The highest BCUT2D eigenvalue weighted by atomic mass is 16.5. The van der Waals surface area contributed by atoms with Gasteiger partial charge in [0.1, 0.15) is 19.4 Å². The lowest BCUT2D eigenvalue weighted by atomic mass is 9.95. The number of aryl methyl sites for hydroxylation is 1. The number of anilines is 2. The third-order valence-corrected chi connectivity index (χ3v) is 2.58. The molecule has 2 rings (SSSR count). The standard InChI is InChI=1S/C13H15BN2O/c1-9-7-10(14)13(15-8-9)16-11-5-3-4-6-12(11)17-2/h3-8H,14H2,1-2H3,(H,15,16). The van der Waals surface area contributed by atoms with Gasteiger partial charge >= 0.3 is 0 Å². The summed E-state index contributed by atoms with van der Waals surface area (Å²) < 4.78 is 5.29. The van der Waals surface area contributed by atoms with Gasteiger partial charge in [-0.15, -0.1) is 0 Å². The van der Waals surface area contributed by atoms with Crippen molar-refractivity contribution in [3.63, 3.8) is 0 Å². The topological polar surface area (TPSA) is 34.2 Å². The first kappa shape index (κ1) is 11.5. The number of nitrogens with zero attached hydrogens (tertiary/aromatic N) is 1. The van der Waals surface area contributed by atoms with Gasteiger partial charge in [-0.2, -0.15) is 0 Å². The summed E-state index contributed by atoms with van der Waals surface area (Å²) in [5, 5.41) is 3.28. The zero-order chi connectivity index (χ0) is 12.3. The van der Waals surface area contributed by atoms with Crippen LogP contribution < -0.4 is 15.5 Å². The smallest absolute Gasteiger partial charge is 0.144 e. The normalized spacial score (nSPS) is 10.0. The molecule has 0 aliphatic carbocycles. The predicted octanol–water partition coefficient (Wildman–Crippen LogP) is 1.40. The lowest BCUT2D eigenvalue weighted by Gasteiger charge is -2.12. The van der Waals surface area contributed by atoms with E-state index in [1.54, 1.807) is 7.11 Å². The average molecular weight is 226 g/mol. The molecule has 2 aromatic rings. The Kier molecular flexibility index (Phi) is 3.33. The molecule has 0 amide bonds. The molecule has 86 valence electrons. The number of nitrogens with one attached hydrogen (secondary N) is 1. The van der Waals surface area contributed by atoms with Gasteiger partial charge in [0.15, 0.2) is 0 Å². The van der Waals surface area contributed by atoms with Crippen LogP contribution in [0.3, 0.4) is 0 Å². The third-order valence-electron chi connectivity index (χ3n) is 2.58. The van der Waals surface area contributed by atoms with Crippen LogP contribution in [0.5, 0.6) is 5.75 Å². The Morgan fingerprint density at radius 3 is 2.76 bits per heavy atom. The second-order valence-electron chi connectivity index (χ2n) is 4.00. The van der Waals surface area contributed by atoms with Crippen LogP contribution in [-0.2, 0) is 0 Å². The van der Waals surface area contributed by atoms with E-state index in [0.717, 1.165) is 28.3 Å². The maximum atomic E-state index is 5.29. The number of pyridine rings is 1. The van der Waals surface area contributed by atoms with Crippen LogP contribution in [0.15, 0.2) is 36.5 Å². The largest absolute Gasteiger partial charge is 0.495 e. The molecule has 1 aromatic heterocycles. The molecule has 0 aliphatic heterocycles. The SMILES string of the molecule is Bc1cc(C)cnc1Nc1ccccc1OC. The van der Waals surface area contributed by atoms with Crippen molar-refractivity contribution in [1.82, 2.24) is 4.98 Å². The molecule has 4 heteroatoms. The van der Waals surface area contributed by atoms with Crippen LogP contribution in [0, 0.1) is 6.92 Å². The molecular formula is C13H15BN2O. The molecule has 0 radical (unpaired) electrons. The second-order valence-corrected chi connectivity index (χ2v) is 4.00. The molecule has 0 saturated heterocycles. The molecule has 0 bridgehead atoms. The number of aromatic nitrogens is 1. The number of hydrogen-bond donors (Lipinski definition) is 1. The van der Waals surface area contributed by atoms with Crippen LogP contribution in [0.1, 0.15) is 5.56 Å². The molecule has 0 unspecified atom stereocenters. The number of para-hydroxylation sites is 2. The van der Waals surface area contributed by atoms with Gasteiger partial charge in [-0.25, -0.2) is 4.98 Å². The Bertz CT molecular complexity index is 529. The molecule has 1 aromatic carbocycles. The number of hydrogen-bond acceptors (Lipinski definition) is 3. The first-order valence-electron chi connectivity index (χ1n) is 5.54. The van der Waals surface area contributed by atoms with Crippen molar-refractivity contribution in [2.24, 2.45) is 0 Å². The van der Waals surface area contributed by atoms with E-state index in [9.17, 15) is 0 Å². The third kappa shape index (κ3) is 2.59. The van der Waals surface area contributed by atoms with E-state index in [1.807, 2.05) is 45.2 Å². The highest BCUT2D eigenvalue weighted by Crippen LogP contribution is 2.25. The molecule has 0 aliphatic rings. The second kappa shape index (κ2) is 4.91. The number of methoxy groups -OCH3 is 1. The van der Waals surface area contributed by atoms with Crippen LogP contribution in [-0.4, -0.2) is 19.9 Å². The fraction of sp³-hybridized carbons (Fsp3) is 0.154. The fourth-order valence-electron chi connectivity index (χ4n) is 1.72. The summed E-state index contributed by atoms with van der Waals surface area (Å²) in [5.74, 6) is 1.68. The molecule has 0 saturated carbocycles. The maximum Gasteiger partial charge on any atom is 0.144 e. The van der Waals surface area contributed by atoms with Gasteiger partial charge in [0.25, 0.3) is 0 Å². The Balaban J connectivity index is 2.31. The van der Waals surface area contributed by atoms with Crippen molar-refractivity contribution in [2.75, 3.05) is 12.4 Å². The van der Waals surface area contributed by atoms with Crippen molar-refractivity contribution in [3.8, 4) is 5.75 Å². The van der Waals surface area contributed by atoms with E-state index in [-0.39, 0.29) is 0 Å². The zero-order valence-corrected chi connectivity index (χ0v) is 10.3. The van der Waals surface area contributed by atoms with Crippen molar-refractivity contribution in [3.05, 3.63) is 42.1 Å². The fourth-order valence-corrected chi connectivity index (χ4v) is 1.72. The van der Waals surface area contributed by atoms with Gasteiger partial charge < -0.3 is 10.1 Å². The summed E-state index contributed by atoms with van der Waals surface area (Å²) in [6.45, 7) is 2.03. The molecule has 3 nitrogen and oxygen atoms in total. The highest BCUT2D eigenvalue weighted by molar-refractivity contribution is 6.35. The summed E-state index contributed by atoms with van der Waals surface area (Å²) in [4.78, 5) is 4.38. The lowest BCUT2D eigenvalue weighted by molar-refractivity contribution is 0.417. The monoisotopic (exact) mass is 226 g/mol. The summed E-state index contributed by atoms with van der Waals surface area (Å²) in [7, 11) is 3.70. The Morgan fingerprint density at radius 2 is 2.06 bits per heavy atom. The number of benzene rings is 1. The molecule has 1 heterocycles. The van der Waals surface area contributed by atoms with E-state index in [2.05, 4.69) is 16.4 Å². The van der Waals surface area contributed by atoms with E-state index >= 15 is 0 Å². The minimum Gasteiger partial charge on any atom is -0.495 e. The average Bonchev–Trinajstić information content (AvgIpc) is 2.33. The van der Waals surface area contributed by atoms with Crippen LogP contribution in [0.2, 0.25) is 0 Å². The van der Waals surface area contributed by atoms with Crippen LogP contribution in [0.4, 0.5) is 11.5 Å². The van der Waals surface area contributed by atoms with E-state index < -0.39 is 0 Å². The molecule has 1 N–H and O–H groups in total. The molecule has 17 heavy (non-hydrogen) atoms. The zero-order valence-electron chi connectivity index (χ0n) is 10.3. The van der Waals surface area contributed by atoms with Crippen molar-refractivity contribution in [2.45, 2.75) is 6.92 Å². The molecule has 0 atom stereocenters. The Labute approximate surface area is 102 Å². The van der Waals surface area contributed by atoms with Crippen LogP contribution in [0.25, 0.3) is 0 Å². The Hall–Kier alpha value is -1.97. The number of rotatable bonds is 3. The first-order chi connectivity index (χ1) is 8.20. The van der Waals surface area contributed by atoms with E-state index in [0.29, 0.717) is 0 Å². The summed E-state index contributed by atoms with van der Waals surface area (Å²) in [6, 6.07) is 9.91. The van der Waals surface area contributed by atoms with Crippen LogP contribution >= 0.6 is 0 Å². The predicted molar refractivity (Wildman–Crippen MR) is 73.4 cm³/mol. The summed E-state index contributed by atoms with van der Waals surface area (Å²) in [6.07, 6.45) is 1.85. The minimum absolute atomic E-state index is 0.814. The van der Waals surface area contributed by atoms with Gasteiger partial charge in [0.05, 0.1) is 12.8 Å². The minimum atomic E-state index is 0.814. The van der Waals surface area contributed by atoms with Gasteiger partial charge in [-0.05, 0) is 30.1 Å². The maximum absolute atomic E-state index is 5.29. The Morgan fingerprint density at radius 1 is 1.29 bits per heavy atom.